The molecule has 0 radical (unpaired) electrons. The lowest BCUT2D eigenvalue weighted by atomic mass is 10.1. The third-order valence-corrected chi connectivity index (χ3v) is 3.95. The number of nitrogens with one attached hydrogen (secondary N) is 1. The minimum atomic E-state index is 0.0577. The molecular weight excluding hydrogens is 286 g/mol. The van der Waals surface area contributed by atoms with Gasteiger partial charge in [-0.3, -0.25) is 4.90 Å². The summed E-state index contributed by atoms with van der Waals surface area (Å²) in [5, 5.41) is 3.73. The smallest absolute Gasteiger partial charge is 0.317 e. The third-order valence-electron chi connectivity index (χ3n) is 3.70. The summed E-state index contributed by atoms with van der Waals surface area (Å²) in [5.41, 5.74) is 1.30. The summed E-state index contributed by atoms with van der Waals surface area (Å²) in [6.07, 6.45) is 1.02. The zero-order valence-electron chi connectivity index (χ0n) is 12.8. The summed E-state index contributed by atoms with van der Waals surface area (Å²) in [6, 6.07) is 8.28. The van der Waals surface area contributed by atoms with Gasteiger partial charge in [0.1, 0.15) is 0 Å². The Morgan fingerprint density at radius 2 is 1.81 bits per heavy atom. The summed E-state index contributed by atoms with van der Waals surface area (Å²) < 4.78 is 0. The van der Waals surface area contributed by atoms with E-state index in [4.69, 9.17) is 11.6 Å². The fourth-order valence-corrected chi connectivity index (χ4v) is 2.58. The second-order valence-corrected chi connectivity index (χ2v) is 6.25. The first-order valence-electron chi connectivity index (χ1n) is 7.57. The van der Waals surface area contributed by atoms with E-state index in [9.17, 15) is 4.79 Å². The normalized spacial score (nSPS) is 16.3. The van der Waals surface area contributed by atoms with Gasteiger partial charge in [0.15, 0.2) is 0 Å². The van der Waals surface area contributed by atoms with Crippen LogP contribution in [0.4, 0.5) is 4.79 Å². The first kappa shape index (κ1) is 16.1. The minimum absolute atomic E-state index is 0.0577. The first-order valence-corrected chi connectivity index (χ1v) is 7.94. The Balaban J connectivity index is 1.71. The molecule has 0 saturated carbocycles. The molecule has 2 rings (SSSR count). The number of hydrogen-bond acceptors (Lipinski definition) is 2. The Kier molecular flexibility index (Phi) is 5.88. The largest absolute Gasteiger partial charge is 0.336 e. The average molecular weight is 310 g/mol. The number of rotatable bonds is 4. The number of carbonyl (C=O) groups is 1. The molecule has 1 aliphatic heterocycles. The van der Waals surface area contributed by atoms with Crippen molar-refractivity contribution in [1.82, 2.24) is 15.1 Å². The van der Waals surface area contributed by atoms with Crippen molar-refractivity contribution in [1.29, 1.82) is 0 Å². The fraction of sp³-hybridized carbons (Fsp3) is 0.562. The standard InChI is InChI=1S/C16H24ClN3O/c1-13(2)18-16(21)20-11-9-19(10-12-20)8-7-14-3-5-15(17)6-4-14/h3-6,13H,7-12H2,1-2H3,(H,18,21). The highest BCUT2D eigenvalue weighted by Gasteiger charge is 2.20. The molecule has 0 bridgehead atoms. The molecule has 1 aromatic rings. The number of hydrogen-bond donors (Lipinski definition) is 1. The van der Waals surface area contributed by atoms with Crippen molar-refractivity contribution < 1.29 is 4.79 Å². The molecule has 2 amide bonds. The molecule has 0 spiro atoms. The van der Waals surface area contributed by atoms with Crippen LogP contribution in [0.25, 0.3) is 0 Å². The minimum Gasteiger partial charge on any atom is -0.336 e. The Bertz CT molecular complexity index is 453. The van der Waals surface area contributed by atoms with E-state index in [0.29, 0.717) is 0 Å². The van der Waals surface area contributed by atoms with Crippen molar-refractivity contribution in [2.45, 2.75) is 26.3 Å². The second kappa shape index (κ2) is 7.66. The third kappa shape index (κ3) is 5.21. The maximum absolute atomic E-state index is 11.9. The highest BCUT2D eigenvalue weighted by molar-refractivity contribution is 6.30. The molecule has 21 heavy (non-hydrogen) atoms. The Labute approximate surface area is 132 Å². The molecule has 1 fully saturated rings. The predicted octanol–water partition coefficient (Wildman–Crippen LogP) is 2.62. The molecule has 0 aliphatic carbocycles. The van der Waals surface area contributed by atoms with Gasteiger partial charge >= 0.3 is 6.03 Å². The zero-order chi connectivity index (χ0) is 15.2. The predicted molar refractivity (Wildman–Crippen MR) is 86.8 cm³/mol. The molecule has 5 heteroatoms. The van der Waals surface area contributed by atoms with E-state index < -0.39 is 0 Å². The lowest BCUT2D eigenvalue weighted by molar-refractivity contribution is 0.139. The van der Waals surface area contributed by atoms with E-state index in [0.717, 1.165) is 44.2 Å². The van der Waals surface area contributed by atoms with E-state index in [1.165, 1.54) is 5.56 Å². The number of urea groups is 1. The van der Waals surface area contributed by atoms with Gasteiger partial charge in [0, 0.05) is 43.8 Å². The van der Waals surface area contributed by atoms with Crippen LogP contribution in [0.2, 0.25) is 5.02 Å². The van der Waals surface area contributed by atoms with Crippen LogP contribution < -0.4 is 5.32 Å². The topological polar surface area (TPSA) is 35.6 Å². The fourth-order valence-electron chi connectivity index (χ4n) is 2.45. The molecule has 1 saturated heterocycles. The number of halogens is 1. The van der Waals surface area contributed by atoms with Crippen LogP contribution in [0.1, 0.15) is 19.4 Å². The van der Waals surface area contributed by atoms with Gasteiger partial charge in [-0.2, -0.15) is 0 Å². The Hall–Kier alpha value is -1.26. The van der Waals surface area contributed by atoms with Crippen LogP contribution in [-0.4, -0.2) is 54.6 Å². The van der Waals surface area contributed by atoms with Crippen molar-refractivity contribution in [3.8, 4) is 0 Å². The molecule has 116 valence electrons. The number of benzene rings is 1. The summed E-state index contributed by atoms with van der Waals surface area (Å²) in [4.78, 5) is 16.2. The van der Waals surface area contributed by atoms with Gasteiger partial charge < -0.3 is 10.2 Å². The maximum Gasteiger partial charge on any atom is 0.317 e. The zero-order valence-corrected chi connectivity index (χ0v) is 13.6. The molecule has 0 unspecified atom stereocenters. The van der Waals surface area contributed by atoms with Crippen LogP contribution in [0.15, 0.2) is 24.3 Å². The summed E-state index contributed by atoms with van der Waals surface area (Å²) in [7, 11) is 0. The summed E-state index contributed by atoms with van der Waals surface area (Å²) in [6.45, 7) is 8.50. The monoisotopic (exact) mass is 309 g/mol. The van der Waals surface area contributed by atoms with Gasteiger partial charge in [0.05, 0.1) is 0 Å². The number of carbonyl (C=O) groups excluding carboxylic acids is 1. The Morgan fingerprint density at radius 3 is 2.38 bits per heavy atom. The van der Waals surface area contributed by atoms with E-state index in [1.54, 1.807) is 0 Å². The highest BCUT2D eigenvalue weighted by atomic mass is 35.5. The average Bonchev–Trinajstić information content (AvgIpc) is 2.46. The Morgan fingerprint density at radius 1 is 1.19 bits per heavy atom. The molecule has 1 aromatic carbocycles. The van der Waals surface area contributed by atoms with Crippen LogP contribution in [0, 0.1) is 0 Å². The van der Waals surface area contributed by atoms with Crippen molar-refractivity contribution in [3.05, 3.63) is 34.9 Å². The van der Waals surface area contributed by atoms with Crippen molar-refractivity contribution in [3.63, 3.8) is 0 Å². The summed E-state index contributed by atoms with van der Waals surface area (Å²) in [5.74, 6) is 0. The van der Waals surface area contributed by atoms with Gasteiger partial charge in [-0.1, -0.05) is 23.7 Å². The van der Waals surface area contributed by atoms with Gasteiger partial charge in [-0.25, -0.2) is 4.79 Å². The van der Waals surface area contributed by atoms with Crippen LogP contribution in [-0.2, 0) is 6.42 Å². The highest BCUT2D eigenvalue weighted by Crippen LogP contribution is 2.11. The number of amides is 2. The molecule has 0 aromatic heterocycles. The molecule has 1 N–H and O–H groups in total. The number of nitrogens with zero attached hydrogens (tertiary/aromatic N) is 2. The van der Waals surface area contributed by atoms with Gasteiger partial charge in [-0.15, -0.1) is 0 Å². The van der Waals surface area contributed by atoms with E-state index in [1.807, 2.05) is 30.9 Å². The maximum atomic E-state index is 11.9. The van der Waals surface area contributed by atoms with Crippen molar-refractivity contribution >= 4 is 17.6 Å². The summed E-state index contributed by atoms with van der Waals surface area (Å²) >= 11 is 5.89. The molecule has 1 heterocycles. The first-order chi connectivity index (χ1) is 10.0. The van der Waals surface area contributed by atoms with Gasteiger partial charge in [0.25, 0.3) is 0 Å². The lowest BCUT2D eigenvalue weighted by Crippen LogP contribution is -2.53. The molecule has 4 nitrogen and oxygen atoms in total. The number of piperazine rings is 1. The van der Waals surface area contributed by atoms with E-state index >= 15 is 0 Å². The van der Waals surface area contributed by atoms with E-state index in [2.05, 4.69) is 22.3 Å². The second-order valence-electron chi connectivity index (χ2n) is 5.81. The van der Waals surface area contributed by atoms with Crippen molar-refractivity contribution in [2.24, 2.45) is 0 Å². The van der Waals surface area contributed by atoms with Crippen LogP contribution in [0.5, 0.6) is 0 Å². The van der Waals surface area contributed by atoms with E-state index in [-0.39, 0.29) is 12.1 Å². The SMILES string of the molecule is CC(C)NC(=O)N1CCN(CCc2ccc(Cl)cc2)CC1. The quantitative estimate of drug-likeness (QED) is 0.928. The van der Waals surface area contributed by atoms with Crippen molar-refractivity contribution in [2.75, 3.05) is 32.7 Å². The molecule has 0 atom stereocenters. The van der Waals surface area contributed by atoms with Crippen LogP contribution >= 0.6 is 11.6 Å². The molecule has 1 aliphatic rings. The van der Waals surface area contributed by atoms with Crippen LogP contribution in [0.3, 0.4) is 0 Å². The van der Waals surface area contributed by atoms with Gasteiger partial charge in [-0.05, 0) is 38.0 Å². The van der Waals surface area contributed by atoms with Gasteiger partial charge in [0.2, 0.25) is 0 Å². The molecular formula is C16H24ClN3O. The lowest BCUT2D eigenvalue weighted by Gasteiger charge is -2.35.